The third-order valence-corrected chi connectivity index (χ3v) is 2.54. The fraction of sp³-hybridized carbons (Fsp3) is 0.385. The number of rotatable bonds is 4. The van der Waals surface area contributed by atoms with Crippen LogP contribution in [0.15, 0.2) is 12.1 Å². The Bertz CT molecular complexity index is 429. The van der Waals surface area contributed by atoms with Gasteiger partial charge in [0.05, 0.1) is 0 Å². The van der Waals surface area contributed by atoms with Crippen molar-refractivity contribution in [3.8, 4) is 0 Å². The topological polar surface area (TPSA) is 86.2 Å². The largest absolute Gasteiger partial charge is 0.366 e. The maximum atomic E-state index is 11.4. The number of nitrogens with two attached hydrogens (primary N) is 2. The first-order valence-corrected chi connectivity index (χ1v) is 5.56. The number of amides is 2. The summed E-state index contributed by atoms with van der Waals surface area (Å²) in [4.78, 5) is 22.8. The third kappa shape index (κ3) is 3.06. The molecule has 0 aromatic heterocycles. The lowest BCUT2D eigenvalue weighted by atomic mass is 9.91. The Balaban J connectivity index is 3.47. The second-order valence-electron chi connectivity index (χ2n) is 4.67. The lowest BCUT2D eigenvalue weighted by Crippen LogP contribution is -2.21. The SMILES string of the molecule is Cc1cc(C(N)=O)c(CC(C)C)c(C(N)=O)c1. The number of primary amides is 2. The minimum Gasteiger partial charge on any atom is -0.366 e. The Morgan fingerprint density at radius 3 is 1.82 bits per heavy atom. The van der Waals surface area contributed by atoms with Crippen molar-refractivity contribution in [2.75, 3.05) is 0 Å². The van der Waals surface area contributed by atoms with Crippen molar-refractivity contribution >= 4 is 11.8 Å². The second kappa shape index (κ2) is 4.99. The summed E-state index contributed by atoms with van der Waals surface area (Å²) in [6, 6.07) is 3.40. The molecule has 0 bridgehead atoms. The highest BCUT2D eigenvalue weighted by Crippen LogP contribution is 2.20. The smallest absolute Gasteiger partial charge is 0.249 e. The standard InChI is InChI=1S/C13H18N2O2/c1-7(2)4-9-10(12(14)16)5-8(3)6-11(9)13(15)17/h5-7H,4H2,1-3H3,(H2,14,16)(H2,15,17). The fourth-order valence-electron chi connectivity index (χ4n) is 1.88. The van der Waals surface area contributed by atoms with Gasteiger partial charge in [-0.3, -0.25) is 9.59 Å². The van der Waals surface area contributed by atoms with E-state index in [0.717, 1.165) is 5.56 Å². The van der Waals surface area contributed by atoms with Crippen molar-refractivity contribution in [2.24, 2.45) is 17.4 Å². The monoisotopic (exact) mass is 234 g/mol. The highest BCUT2D eigenvalue weighted by molar-refractivity contribution is 6.01. The van der Waals surface area contributed by atoms with Gasteiger partial charge in [-0.05, 0) is 42.5 Å². The normalized spacial score (nSPS) is 10.6. The van der Waals surface area contributed by atoms with Gasteiger partial charge in [0.1, 0.15) is 0 Å². The molecular formula is C13H18N2O2. The van der Waals surface area contributed by atoms with Gasteiger partial charge in [-0.1, -0.05) is 13.8 Å². The van der Waals surface area contributed by atoms with Gasteiger partial charge >= 0.3 is 0 Å². The Morgan fingerprint density at radius 2 is 1.53 bits per heavy atom. The van der Waals surface area contributed by atoms with Crippen LogP contribution in [0, 0.1) is 12.8 Å². The van der Waals surface area contributed by atoms with Crippen LogP contribution >= 0.6 is 0 Å². The Labute approximate surface area is 101 Å². The molecular weight excluding hydrogens is 216 g/mol. The molecule has 2 amide bonds. The maximum Gasteiger partial charge on any atom is 0.249 e. The van der Waals surface area contributed by atoms with Gasteiger partial charge in [-0.25, -0.2) is 0 Å². The number of hydrogen-bond acceptors (Lipinski definition) is 2. The van der Waals surface area contributed by atoms with Gasteiger partial charge in [0.25, 0.3) is 0 Å². The van der Waals surface area contributed by atoms with E-state index in [-0.39, 0.29) is 0 Å². The van der Waals surface area contributed by atoms with Crippen LogP contribution in [0.2, 0.25) is 0 Å². The number of carbonyl (C=O) groups excluding carboxylic acids is 2. The molecule has 1 aromatic rings. The molecule has 0 aliphatic rings. The molecule has 92 valence electrons. The molecule has 1 rings (SSSR count). The van der Waals surface area contributed by atoms with Crippen molar-refractivity contribution < 1.29 is 9.59 Å². The fourth-order valence-corrected chi connectivity index (χ4v) is 1.88. The third-order valence-electron chi connectivity index (χ3n) is 2.54. The van der Waals surface area contributed by atoms with E-state index in [1.807, 2.05) is 13.8 Å². The molecule has 4 heteroatoms. The van der Waals surface area contributed by atoms with Gasteiger partial charge in [0, 0.05) is 11.1 Å². The molecule has 4 nitrogen and oxygen atoms in total. The van der Waals surface area contributed by atoms with Crippen LogP contribution in [0.5, 0.6) is 0 Å². The molecule has 0 radical (unpaired) electrons. The number of benzene rings is 1. The number of aryl methyl sites for hydroxylation is 1. The van der Waals surface area contributed by atoms with E-state index in [1.54, 1.807) is 19.1 Å². The molecule has 1 aromatic carbocycles. The lowest BCUT2D eigenvalue weighted by molar-refractivity contribution is 0.0999. The summed E-state index contributed by atoms with van der Waals surface area (Å²) in [5.41, 5.74) is 12.9. The van der Waals surface area contributed by atoms with Gasteiger partial charge in [-0.15, -0.1) is 0 Å². The predicted octanol–water partition coefficient (Wildman–Crippen LogP) is 1.39. The minimum absolute atomic E-state index is 0.314. The van der Waals surface area contributed by atoms with Crippen molar-refractivity contribution in [3.63, 3.8) is 0 Å². The van der Waals surface area contributed by atoms with Crippen LogP contribution < -0.4 is 11.5 Å². The summed E-state index contributed by atoms with van der Waals surface area (Å²) in [7, 11) is 0. The summed E-state index contributed by atoms with van der Waals surface area (Å²) in [5, 5.41) is 0. The van der Waals surface area contributed by atoms with Crippen molar-refractivity contribution in [3.05, 3.63) is 34.4 Å². The van der Waals surface area contributed by atoms with Crippen LogP contribution in [-0.4, -0.2) is 11.8 Å². The zero-order valence-corrected chi connectivity index (χ0v) is 10.4. The van der Waals surface area contributed by atoms with Crippen LogP contribution in [0.25, 0.3) is 0 Å². The second-order valence-corrected chi connectivity index (χ2v) is 4.67. The highest BCUT2D eigenvalue weighted by Gasteiger charge is 2.17. The van der Waals surface area contributed by atoms with Crippen LogP contribution in [-0.2, 0) is 6.42 Å². The first-order valence-electron chi connectivity index (χ1n) is 5.56. The van der Waals surface area contributed by atoms with E-state index in [4.69, 9.17) is 11.5 Å². The van der Waals surface area contributed by atoms with E-state index in [1.165, 1.54) is 0 Å². The maximum absolute atomic E-state index is 11.4. The van der Waals surface area contributed by atoms with Gasteiger partial charge in [-0.2, -0.15) is 0 Å². The lowest BCUT2D eigenvalue weighted by Gasteiger charge is -2.14. The number of hydrogen-bond donors (Lipinski definition) is 2. The molecule has 4 N–H and O–H groups in total. The molecule has 0 aliphatic carbocycles. The summed E-state index contributed by atoms with van der Waals surface area (Å²) in [6.07, 6.45) is 0.608. The molecule has 0 atom stereocenters. The van der Waals surface area contributed by atoms with Crippen molar-refractivity contribution in [2.45, 2.75) is 27.2 Å². The molecule has 17 heavy (non-hydrogen) atoms. The number of carbonyl (C=O) groups is 2. The molecule has 0 fully saturated rings. The summed E-state index contributed by atoms with van der Waals surface area (Å²) in [5.74, 6) is -0.729. The molecule has 0 aliphatic heterocycles. The molecule has 0 heterocycles. The predicted molar refractivity (Wildman–Crippen MR) is 66.8 cm³/mol. The van der Waals surface area contributed by atoms with Gasteiger partial charge < -0.3 is 11.5 Å². The summed E-state index contributed by atoms with van der Waals surface area (Å²) in [6.45, 7) is 5.82. The zero-order chi connectivity index (χ0) is 13.2. The molecule has 0 spiro atoms. The van der Waals surface area contributed by atoms with Crippen LogP contribution in [0.3, 0.4) is 0 Å². The summed E-state index contributed by atoms with van der Waals surface area (Å²) >= 11 is 0. The van der Waals surface area contributed by atoms with Gasteiger partial charge in [0.2, 0.25) is 11.8 Å². The minimum atomic E-state index is -0.521. The molecule has 0 saturated carbocycles. The van der Waals surface area contributed by atoms with Gasteiger partial charge in [0.15, 0.2) is 0 Å². The Hall–Kier alpha value is -1.84. The van der Waals surface area contributed by atoms with Crippen molar-refractivity contribution in [1.29, 1.82) is 0 Å². The van der Waals surface area contributed by atoms with E-state index < -0.39 is 11.8 Å². The molecule has 0 unspecified atom stereocenters. The first kappa shape index (κ1) is 13.2. The molecule has 0 saturated heterocycles. The average Bonchev–Trinajstić information content (AvgIpc) is 2.18. The Kier molecular flexibility index (Phi) is 3.89. The first-order chi connectivity index (χ1) is 7.82. The van der Waals surface area contributed by atoms with Crippen molar-refractivity contribution in [1.82, 2.24) is 0 Å². The van der Waals surface area contributed by atoms with E-state index in [0.29, 0.717) is 29.0 Å². The Morgan fingerprint density at radius 1 is 1.12 bits per heavy atom. The summed E-state index contributed by atoms with van der Waals surface area (Å²) < 4.78 is 0. The van der Waals surface area contributed by atoms with E-state index >= 15 is 0 Å². The van der Waals surface area contributed by atoms with Crippen LogP contribution in [0.4, 0.5) is 0 Å². The van der Waals surface area contributed by atoms with Crippen LogP contribution in [0.1, 0.15) is 45.7 Å². The highest BCUT2D eigenvalue weighted by atomic mass is 16.1. The average molecular weight is 234 g/mol. The quantitative estimate of drug-likeness (QED) is 0.824. The van der Waals surface area contributed by atoms with E-state index in [9.17, 15) is 9.59 Å². The zero-order valence-electron chi connectivity index (χ0n) is 10.4. The van der Waals surface area contributed by atoms with E-state index in [2.05, 4.69) is 0 Å².